The van der Waals surface area contributed by atoms with E-state index in [2.05, 4.69) is 0 Å². The first-order chi connectivity index (χ1) is 7.26. The summed E-state index contributed by atoms with van der Waals surface area (Å²) < 4.78 is 63.3. The van der Waals surface area contributed by atoms with Crippen LogP contribution in [0.4, 0.5) is 13.2 Å². The molecule has 0 spiro atoms. The van der Waals surface area contributed by atoms with E-state index in [9.17, 15) is 26.4 Å². The van der Waals surface area contributed by atoms with Gasteiger partial charge in [0.1, 0.15) is 11.6 Å². The van der Waals surface area contributed by atoms with Crippen LogP contribution in [0.2, 0.25) is 0 Å². The van der Waals surface area contributed by atoms with E-state index < -0.39 is 33.1 Å². The lowest BCUT2D eigenvalue weighted by atomic mass is 10.2. The van der Waals surface area contributed by atoms with Crippen molar-refractivity contribution in [2.75, 3.05) is 0 Å². The highest BCUT2D eigenvalue weighted by molar-refractivity contribution is 7.90. The Hall–Kier alpha value is -0.830. The number of rotatable bonds is 3. The fourth-order valence-electron chi connectivity index (χ4n) is 0.738. The lowest BCUT2D eigenvalue weighted by Gasteiger charge is -2.22. The Morgan fingerprint density at radius 2 is 1.65 bits per heavy atom. The second-order valence-electron chi connectivity index (χ2n) is 4.32. The number of hydrogen-bond donors (Lipinski definition) is 1. The molecule has 0 fully saturated rings. The topological polar surface area (TPSA) is 72.5 Å². The lowest BCUT2D eigenvalue weighted by Crippen LogP contribution is -2.46. The molecule has 0 bridgehead atoms. The van der Waals surface area contributed by atoms with Gasteiger partial charge < -0.3 is 4.74 Å². The van der Waals surface area contributed by atoms with Crippen LogP contribution in [0.5, 0.6) is 0 Å². The third-order valence-corrected chi connectivity index (χ3v) is 2.67. The first kappa shape index (κ1) is 16.2. The van der Waals surface area contributed by atoms with Crippen molar-refractivity contribution in [3.63, 3.8) is 0 Å². The van der Waals surface area contributed by atoms with Gasteiger partial charge in [-0.1, -0.05) is 0 Å². The largest absolute Gasteiger partial charge is 0.511 e. The highest BCUT2D eigenvalue weighted by Gasteiger charge is 2.47. The van der Waals surface area contributed by atoms with E-state index in [-0.39, 0.29) is 0 Å². The number of carbonyl (C=O) groups excluding carboxylic acids is 1. The monoisotopic (exact) mass is 277 g/mol. The van der Waals surface area contributed by atoms with Crippen molar-refractivity contribution in [1.29, 1.82) is 0 Å². The minimum atomic E-state index is -5.55. The molecule has 0 amide bonds. The van der Waals surface area contributed by atoms with Gasteiger partial charge in [-0.25, -0.2) is 8.42 Å². The van der Waals surface area contributed by atoms with E-state index in [1.165, 1.54) is 25.5 Å². The van der Waals surface area contributed by atoms with Crippen LogP contribution in [-0.2, 0) is 19.6 Å². The molecule has 0 saturated carbocycles. The van der Waals surface area contributed by atoms with Gasteiger partial charge in [0, 0.05) is 0 Å². The zero-order valence-electron chi connectivity index (χ0n) is 9.75. The second-order valence-corrected chi connectivity index (χ2v) is 6.03. The maximum Gasteiger partial charge on any atom is 0.511 e. The van der Waals surface area contributed by atoms with E-state index in [0.29, 0.717) is 0 Å². The minimum Gasteiger partial charge on any atom is -0.459 e. The third-order valence-electron chi connectivity index (χ3n) is 1.40. The van der Waals surface area contributed by atoms with E-state index >= 15 is 0 Å². The third kappa shape index (κ3) is 5.35. The van der Waals surface area contributed by atoms with E-state index in [0.717, 1.165) is 6.92 Å². The molecule has 1 atom stereocenters. The average molecular weight is 277 g/mol. The SMILES string of the molecule is C[C@@H](NS(=O)(=O)C(F)(F)F)C(=O)OC(C)(C)C. The summed E-state index contributed by atoms with van der Waals surface area (Å²) in [6.07, 6.45) is 0. The molecule has 0 radical (unpaired) electrons. The van der Waals surface area contributed by atoms with Crippen LogP contribution in [0.1, 0.15) is 27.7 Å². The average Bonchev–Trinajstić information content (AvgIpc) is 1.97. The predicted molar refractivity (Wildman–Crippen MR) is 53.4 cm³/mol. The molecular weight excluding hydrogens is 263 g/mol. The van der Waals surface area contributed by atoms with Gasteiger partial charge in [0.25, 0.3) is 0 Å². The molecule has 17 heavy (non-hydrogen) atoms. The first-order valence-electron chi connectivity index (χ1n) is 4.58. The molecule has 9 heteroatoms. The van der Waals surface area contributed by atoms with Gasteiger partial charge in [-0.05, 0) is 27.7 Å². The van der Waals surface area contributed by atoms with Gasteiger partial charge in [0.2, 0.25) is 0 Å². The van der Waals surface area contributed by atoms with E-state index in [1.54, 1.807) is 0 Å². The van der Waals surface area contributed by atoms with Gasteiger partial charge in [0.15, 0.2) is 0 Å². The molecule has 5 nitrogen and oxygen atoms in total. The van der Waals surface area contributed by atoms with Gasteiger partial charge >= 0.3 is 21.5 Å². The molecule has 102 valence electrons. The van der Waals surface area contributed by atoms with E-state index in [1.807, 2.05) is 0 Å². The Balaban J connectivity index is 4.68. The molecule has 0 heterocycles. The first-order valence-corrected chi connectivity index (χ1v) is 6.06. The van der Waals surface area contributed by atoms with Crippen molar-refractivity contribution in [2.24, 2.45) is 0 Å². The number of sulfonamides is 1. The number of ether oxygens (including phenoxy) is 1. The van der Waals surface area contributed by atoms with Crippen molar-refractivity contribution in [3.8, 4) is 0 Å². The number of halogens is 3. The van der Waals surface area contributed by atoms with Gasteiger partial charge in [0.05, 0.1) is 0 Å². The summed E-state index contributed by atoms with van der Waals surface area (Å²) in [5, 5.41) is 0. The van der Waals surface area contributed by atoms with Crippen LogP contribution < -0.4 is 4.72 Å². The Kier molecular flexibility index (Phi) is 4.57. The fourth-order valence-corrected chi connectivity index (χ4v) is 1.43. The van der Waals surface area contributed by atoms with Crippen LogP contribution in [0.3, 0.4) is 0 Å². The highest BCUT2D eigenvalue weighted by atomic mass is 32.2. The molecule has 0 aliphatic rings. The van der Waals surface area contributed by atoms with Crippen LogP contribution in [0.15, 0.2) is 0 Å². The number of carbonyl (C=O) groups is 1. The zero-order chi connectivity index (χ0) is 14.1. The number of nitrogens with one attached hydrogen (secondary N) is 1. The lowest BCUT2D eigenvalue weighted by molar-refractivity contribution is -0.156. The maximum absolute atomic E-state index is 12.0. The van der Waals surface area contributed by atoms with Gasteiger partial charge in [-0.2, -0.15) is 17.9 Å². The number of alkyl halides is 3. The minimum absolute atomic E-state index is 0.908. The van der Waals surface area contributed by atoms with E-state index in [4.69, 9.17) is 4.74 Å². The standard InChI is InChI=1S/C8H14F3NO4S/c1-5(6(13)16-7(2,3)4)12-17(14,15)8(9,10)11/h5,12H,1-4H3/t5-/m1/s1. The maximum atomic E-state index is 12.0. The molecular formula is C8H14F3NO4S. The van der Waals surface area contributed by atoms with Gasteiger partial charge in [-0.15, -0.1) is 0 Å². The molecule has 0 aromatic heterocycles. The van der Waals surface area contributed by atoms with Crippen molar-refractivity contribution < 1.29 is 31.1 Å². The van der Waals surface area contributed by atoms with Crippen molar-refractivity contribution in [1.82, 2.24) is 4.72 Å². The Labute approximate surface area is 97.4 Å². The molecule has 0 aliphatic carbocycles. The van der Waals surface area contributed by atoms with Crippen molar-refractivity contribution in [2.45, 2.75) is 44.8 Å². The summed E-state index contributed by atoms with van der Waals surface area (Å²) >= 11 is 0. The molecule has 0 aromatic rings. The fraction of sp³-hybridized carbons (Fsp3) is 0.875. The van der Waals surface area contributed by atoms with Crippen LogP contribution in [-0.4, -0.2) is 31.5 Å². The normalized spacial score (nSPS) is 15.5. The summed E-state index contributed by atoms with van der Waals surface area (Å²) in [6.45, 7) is 5.50. The molecule has 1 N–H and O–H groups in total. The van der Waals surface area contributed by atoms with Crippen LogP contribution >= 0.6 is 0 Å². The Morgan fingerprint density at radius 1 is 1.24 bits per heavy atom. The number of hydrogen-bond acceptors (Lipinski definition) is 4. The summed E-state index contributed by atoms with van der Waals surface area (Å²) in [6, 6.07) is -1.61. The second kappa shape index (κ2) is 4.81. The van der Waals surface area contributed by atoms with Gasteiger partial charge in [-0.3, -0.25) is 4.79 Å². The number of esters is 1. The molecule has 0 unspecified atom stereocenters. The highest BCUT2D eigenvalue weighted by Crippen LogP contribution is 2.22. The summed E-state index contributed by atoms with van der Waals surface area (Å²) in [5.41, 5.74) is -6.36. The Bertz CT molecular complexity index is 383. The summed E-state index contributed by atoms with van der Waals surface area (Å²) in [5.74, 6) is -1.08. The smallest absolute Gasteiger partial charge is 0.459 e. The predicted octanol–water partition coefficient (Wildman–Crippen LogP) is 1.16. The molecule has 0 saturated heterocycles. The van der Waals surface area contributed by atoms with Crippen LogP contribution in [0.25, 0.3) is 0 Å². The molecule has 0 aliphatic heterocycles. The summed E-state index contributed by atoms with van der Waals surface area (Å²) in [7, 11) is -5.55. The van der Waals surface area contributed by atoms with Crippen molar-refractivity contribution in [3.05, 3.63) is 0 Å². The quantitative estimate of drug-likeness (QED) is 0.786. The van der Waals surface area contributed by atoms with Crippen LogP contribution in [0, 0.1) is 0 Å². The summed E-state index contributed by atoms with van der Waals surface area (Å²) in [4.78, 5) is 11.2. The zero-order valence-corrected chi connectivity index (χ0v) is 10.6. The molecule has 0 rings (SSSR count). The Morgan fingerprint density at radius 3 is 1.94 bits per heavy atom. The molecule has 0 aromatic carbocycles. The van der Waals surface area contributed by atoms with Crippen molar-refractivity contribution >= 4 is 16.0 Å².